The first-order valence-electron chi connectivity index (χ1n) is 6.00. The van der Waals surface area contributed by atoms with Crippen LogP contribution in [0, 0.1) is 5.92 Å². The number of alkyl halides is 3. The number of hydrogen-bond acceptors (Lipinski definition) is 3. The van der Waals surface area contributed by atoms with E-state index in [1.165, 1.54) is 19.1 Å². The average Bonchev–Trinajstić information content (AvgIpc) is 2.41. The van der Waals surface area contributed by atoms with Crippen molar-refractivity contribution in [3.8, 4) is 5.75 Å². The minimum Gasteiger partial charge on any atom is -0.483 e. The van der Waals surface area contributed by atoms with Crippen molar-refractivity contribution >= 4 is 11.9 Å². The number of nitrogens with one attached hydrogen (secondary N) is 1. The first-order valence-corrected chi connectivity index (χ1v) is 6.00. The highest BCUT2D eigenvalue weighted by Gasteiger charge is 2.34. The largest absolute Gasteiger partial charge is 0.483 e. The van der Waals surface area contributed by atoms with E-state index in [2.05, 4.69) is 5.32 Å². The van der Waals surface area contributed by atoms with Gasteiger partial charge in [-0.2, -0.15) is 13.2 Å². The van der Waals surface area contributed by atoms with Crippen LogP contribution >= 0.6 is 0 Å². The monoisotopic (exact) mass is 305 g/mol. The smallest absolute Gasteiger partial charge is 0.419 e. The molecule has 0 heterocycles. The number of halogens is 3. The van der Waals surface area contributed by atoms with Crippen LogP contribution in [0.25, 0.3) is 0 Å². The zero-order valence-electron chi connectivity index (χ0n) is 11.1. The van der Waals surface area contributed by atoms with E-state index < -0.39 is 41.9 Å². The van der Waals surface area contributed by atoms with Crippen molar-refractivity contribution in [3.63, 3.8) is 0 Å². The van der Waals surface area contributed by atoms with Crippen molar-refractivity contribution < 1.29 is 32.6 Å². The molecule has 0 bridgehead atoms. The molecule has 0 saturated carbocycles. The number of carbonyl (C=O) groups excluding carboxylic acids is 1. The summed E-state index contributed by atoms with van der Waals surface area (Å²) >= 11 is 0. The summed E-state index contributed by atoms with van der Waals surface area (Å²) in [6.45, 7) is 0.639. The van der Waals surface area contributed by atoms with Gasteiger partial charge in [-0.25, -0.2) is 0 Å². The number of carboxylic acids is 1. The second-order valence-corrected chi connectivity index (χ2v) is 4.33. The van der Waals surface area contributed by atoms with Gasteiger partial charge in [-0.15, -0.1) is 0 Å². The standard InChI is InChI=1S/C13H14F3NO4/c1-8(12(19)20)6-17-11(18)7-21-10-5-3-2-4-9(10)13(14,15)16/h2-5,8H,6-7H2,1H3,(H,17,18)(H,19,20). The van der Waals surface area contributed by atoms with Crippen LogP contribution in [-0.2, 0) is 15.8 Å². The molecule has 0 aliphatic heterocycles. The van der Waals surface area contributed by atoms with Crippen LogP contribution in [0.15, 0.2) is 24.3 Å². The van der Waals surface area contributed by atoms with E-state index in [0.29, 0.717) is 0 Å². The van der Waals surface area contributed by atoms with E-state index in [0.717, 1.165) is 12.1 Å². The molecule has 0 fully saturated rings. The topological polar surface area (TPSA) is 75.6 Å². The van der Waals surface area contributed by atoms with Crippen LogP contribution in [0.3, 0.4) is 0 Å². The highest BCUT2D eigenvalue weighted by atomic mass is 19.4. The number of ether oxygens (including phenoxy) is 1. The lowest BCUT2D eigenvalue weighted by Crippen LogP contribution is -2.34. The third-order valence-electron chi connectivity index (χ3n) is 2.58. The van der Waals surface area contributed by atoms with Gasteiger partial charge in [-0.3, -0.25) is 9.59 Å². The van der Waals surface area contributed by atoms with Crippen molar-refractivity contribution in [2.45, 2.75) is 13.1 Å². The minimum absolute atomic E-state index is 0.127. The van der Waals surface area contributed by atoms with Crippen molar-refractivity contribution in [2.24, 2.45) is 5.92 Å². The Balaban J connectivity index is 2.56. The van der Waals surface area contributed by atoms with Gasteiger partial charge in [0.25, 0.3) is 5.91 Å². The Bertz CT molecular complexity index is 516. The Morgan fingerprint density at radius 1 is 1.33 bits per heavy atom. The van der Waals surface area contributed by atoms with Gasteiger partial charge in [0, 0.05) is 6.54 Å². The van der Waals surface area contributed by atoms with Gasteiger partial charge in [0.15, 0.2) is 6.61 Å². The summed E-state index contributed by atoms with van der Waals surface area (Å²) in [5.74, 6) is -3.03. The maximum atomic E-state index is 12.7. The third-order valence-corrected chi connectivity index (χ3v) is 2.58. The molecule has 1 aromatic rings. The van der Waals surface area contributed by atoms with Crippen molar-refractivity contribution in [3.05, 3.63) is 29.8 Å². The minimum atomic E-state index is -4.58. The van der Waals surface area contributed by atoms with Gasteiger partial charge in [0.2, 0.25) is 0 Å². The molecule has 1 rings (SSSR count). The van der Waals surface area contributed by atoms with Crippen LogP contribution < -0.4 is 10.1 Å². The van der Waals surface area contributed by atoms with E-state index in [4.69, 9.17) is 9.84 Å². The van der Waals surface area contributed by atoms with Crippen LogP contribution in [0.4, 0.5) is 13.2 Å². The zero-order valence-corrected chi connectivity index (χ0v) is 11.1. The van der Waals surface area contributed by atoms with E-state index in [9.17, 15) is 22.8 Å². The van der Waals surface area contributed by atoms with E-state index in [1.807, 2.05) is 0 Å². The number of hydrogen-bond donors (Lipinski definition) is 2. The summed E-state index contributed by atoms with van der Waals surface area (Å²) in [5.41, 5.74) is -0.975. The summed E-state index contributed by atoms with van der Waals surface area (Å²) in [7, 11) is 0. The molecular formula is C13H14F3NO4. The lowest BCUT2D eigenvalue weighted by atomic mass is 10.2. The molecule has 8 heteroatoms. The van der Waals surface area contributed by atoms with Gasteiger partial charge in [-0.1, -0.05) is 19.1 Å². The third kappa shape index (κ3) is 5.33. The summed E-state index contributed by atoms with van der Waals surface area (Å²) in [4.78, 5) is 21.9. The van der Waals surface area contributed by atoms with Gasteiger partial charge in [-0.05, 0) is 12.1 Å². The highest BCUT2D eigenvalue weighted by Crippen LogP contribution is 2.35. The van der Waals surface area contributed by atoms with Crippen molar-refractivity contribution in [2.75, 3.05) is 13.2 Å². The first-order chi connectivity index (χ1) is 9.71. The van der Waals surface area contributed by atoms with Crippen LogP contribution in [0.2, 0.25) is 0 Å². The van der Waals surface area contributed by atoms with Crippen molar-refractivity contribution in [1.82, 2.24) is 5.32 Å². The normalized spacial score (nSPS) is 12.6. The molecule has 21 heavy (non-hydrogen) atoms. The summed E-state index contributed by atoms with van der Waals surface area (Å²) in [5, 5.41) is 10.9. The lowest BCUT2D eigenvalue weighted by molar-refractivity contribution is -0.142. The number of amides is 1. The van der Waals surface area contributed by atoms with Gasteiger partial charge < -0.3 is 15.2 Å². The van der Waals surface area contributed by atoms with Crippen LogP contribution in [0.5, 0.6) is 5.75 Å². The number of benzene rings is 1. The fourth-order valence-electron chi connectivity index (χ4n) is 1.38. The maximum Gasteiger partial charge on any atom is 0.419 e. The molecule has 0 spiro atoms. The van der Waals surface area contributed by atoms with Crippen molar-refractivity contribution in [1.29, 1.82) is 0 Å². The van der Waals surface area contributed by atoms with Gasteiger partial charge in [0.1, 0.15) is 5.75 Å². The number of rotatable bonds is 6. The molecule has 0 radical (unpaired) electrons. The molecule has 0 aromatic heterocycles. The van der Waals surface area contributed by atoms with E-state index >= 15 is 0 Å². The Morgan fingerprint density at radius 3 is 2.52 bits per heavy atom. The molecule has 0 aliphatic carbocycles. The molecule has 1 unspecified atom stereocenters. The van der Waals surface area contributed by atoms with E-state index in [1.54, 1.807) is 0 Å². The predicted molar refractivity (Wildman–Crippen MR) is 66.7 cm³/mol. The zero-order chi connectivity index (χ0) is 16.0. The van der Waals surface area contributed by atoms with Crippen LogP contribution in [0.1, 0.15) is 12.5 Å². The Labute approximate surface area is 118 Å². The fraction of sp³-hybridized carbons (Fsp3) is 0.385. The van der Waals surface area contributed by atoms with Gasteiger partial charge in [0.05, 0.1) is 11.5 Å². The molecule has 5 nitrogen and oxygen atoms in total. The molecule has 2 N–H and O–H groups in total. The van der Waals surface area contributed by atoms with Crippen LogP contribution in [-0.4, -0.2) is 30.1 Å². The number of carbonyl (C=O) groups is 2. The molecule has 1 atom stereocenters. The number of aliphatic carboxylic acids is 1. The second-order valence-electron chi connectivity index (χ2n) is 4.33. The Kier molecular flexibility index (Phi) is 5.57. The number of para-hydroxylation sites is 1. The Hall–Kier alpha value is -2.25. The fourth-order valence-corrected chi connectivity index (χ4v) is 1.38. The summed E-state index contributed by atoms with van der Waals surface area (Å²) in [6.07, 6.45) is -4.58. The molecule has 0 saturated heterocycles. The SMILES string of the molecule is CC(CNC(=O)COc1ccccc1C(F)(F)F)C(=O)O. The second kappa shape index (κ2) is 6.96. The molecule has 1 aromatic carbocycles. The highest BCUT2D eigenvalue weighted by molar-refractivity contribution is 5.78. The quantitative estimate of drug-likeness (QED) is 0.842. The maximum absolute atomic E-state index is 12.7. The van der Waals surface area contributed by atoms with E-state index in [-0.39, 0.29) is 6.54 Å². The molecular weight excluding hydrogens is 291 g/mol. The predicted octanol–water partition coefficient (Wildman–Crippen LogP) is 1.92. The van der Waals surface area contributed by atoms with Gasteiger partial charge >= 0.3 is 12.1 Å². The lowest BCUT2D eigenvalue weighted by Gasteiger charge is -2.14. The first kappa shape index (κ1) is 16.8. The summed E-state index contributed by atoms with van der Waals surface area (Å²) in [6, 6.07) is 4.52. The molecule has 0 aliphatic rings. The number of carboxylic acid groups (broad SMARTS) is 1. The average molecular weight is 305 g/mol. The Morgan fingerprint density at radius 2 is 1.95 bits per heavy atom. The summed E-state index contributed by atoms with van der Waals surface area (Å²) < 4.78 is 42.8. The molecule has 116 valence electrons. The molecule has 1 amide bonds.